The van der Waals surface area contributed by atoms with Crippen LogP contribution in [-0.4, -0.2) is 9.55 Å². The lowest BCUT2D eigenvalue weighted by Gasteiger charge is -2.29. The Balaban J connectivity index is 1.56. The van der Waals surface area contributed by atoms with Gasteiger partial charge in [0.2, 0.25) is 5.88 Å². The molecule has 1 atom stereocenters. The fraction of sp³-hybridized carbons (Fsp3) is 0.0667. The molecule has 0 saturated heterocycles. The van der Waals surface area contributed by atoms with Crippen LogP contribution in [0.2, 0.25) is 0 Å². The normalized spacial score (nSPS) is 14.3. The van der Waals surface area contributed by atoms with Gasteiger partial charge in [0.1, 0.15) is 29.2 Å². The van der Waals surface area contributed by atoms with E-state index < -0.39 is 29.3 Å². The predicted octanol–water partition coefficient (Wildman–Crippen LogP) is 7.18. The number of nitrogens with two attached hydrogens (primary N) is 1. The van der Waals surface area contributed by atoms with Crippen molar-refractivity contribution >= 4 is 5.69 Å². The van der Waals surface area contributed by atoms with Gasteiger partial charge in [-0.3, -0.25) is 9.98 Å². The Hall–Kier alpha value is -4.99. The number of benzene rings is 4. The Bertz CT molecular complexity index is 1850. The van der Waals surface area contributed by atoms with Gasteiger partial charge in [-0.25, -0.2) is 13.8 Å². The van der Waals surface area contributed by atoms with Crippen LogP contribution in [0.4, 0.5) is 27.6 Å². The predicted molar refractivity (Wildman–Crippen MR) is 138 cm³/mol. The molecule has 3 N–H and O–H groups in total. The molecule has 0 radical (unpaired) electrons. The molecule has 10 heteroatoms. The fourth-order valence-electron chi connectivity index (χ4n) is 5.02. The summed E-state index contributed by atoms with van der Waals surface area (Å²) in [6.45, 7) is 0. The van der Waals surface area contributed by atoms with Crippen molar-refractivity contribution in [1.29, 1.82) is 5.41 Å². The van der Waals surface area contributed by atoms with Crippen LogP contribution in [-0.2, 0) is 6.18 Å². The molecule has 1 aliphatic heterocycles. The smallest absolute Gasteiger partial charge is 0.417 e. The maximum atomic E-state index is 14.7. The molecule has 6 rings (SSSR count). The number of halogens is 5. The molecule has 5 aromatic rings. The largest absolute Gasteiger partial charge is 0.438 e. The first-order chi connectivity index (χ1) is 19.1. The maximum absolute atomic E-state index is 14.7. The molecule has 0 amide bonds. The zero-order valence-corrected chi connectivity index (χ0v) is 20.5. The van der Waals surface area contributed by atoms with E-state index in [1.165, 1.54) is 41.2 Å². The van der Waals surface area contributed by atoms with E-state index in [9.17, 15) is 22.0 Å². The number of hydrogen-bond acceptors (Lipinski definition) is 4. The van der Waals surface area contributed by atoms with Gasteiger partial charge in [0.25, 0.3) is 0 Å². The van der Waals surface area contributed by atoms with Crippen LogP contribution in [0.15, 0.2) is 91.3 Å². The summed E-state index contributed by atoms with van der Waals surface area (Å²) >= 11 is 0. The van der Waals surface area contributed by atoms with Crippen LogP contribution in [0.5, 0.6) is 11.6 Å². The third-order valence-corrected chi connectivity index (χ3v) is 6.79. The molecule has 40 heavy (non-hydrogen) atoms. The van der Waals surface area contributed by atoms with Gasteiger partial charge >= 0.3 is 6.18 Å². The van der Waals surface area contributed by atoms with Gasteiger partial charge in [-0.15, -0.1) is 0 Å². The van der Waals surface area contributed by atoms with Crippen LogP contribution in [0.3, 0.4) is 0 Å². The van der Waals surface area contributed by atoms with E-state index in [2.05, 4.69) is 4.98 Å². The minimum atomic E-state index is -4.56. The number of fused-ring (bicyclic) bond motifs is 2. The van der Waals surface area contributed by atoms with E-state index in [0.717, 1.165) is 12.1 Å². The number of hydrogen-bond donors (Lipinski definition) is 2. The summed E-state index contributed by atoms with van der Waals surface area (Å²) in [5, 5.41) is 8.99. The summed E-state index contributed by atoms with van der Waals surface area (Å²) in [6, 6.07) is 19.9. The summed E-state index contributed by atoms with van der Waals surface area (Å²) in [7, 11) is 0. The van der Waals surface area contributed by atoms with Gasteiger partial charge in [0, 0.05) is 23.2 Å². The van der Waals surface area contributed by atoms with Crippen molar-refractivity contribution in [2.75, 3.05) is 5.73 Å². The molecule has 2 heterocycles. The number of alkyl halides is 3. The number of nitrogens with one attached hydrogen (secondary N) is 1. The number of rotatable bonds is 3. The van der Waals surface area contributed by atoms with E-state index >= 15 is 0 Å². The Morgan fingerprint density at radius 2 is 1.70 bits per heavy atom. The third kappa shape index (κ3) is 4.27. The quantitative estimate of drug-likeness (QED) is 0.182. The van der Waals surface area contributed by atoms with E-state index in [4.69, 9.17) is 15.9 Å². The van der Waals surface area contributed by atoms with Gasteiger partial charge < -0.3 is 10.5 Å². The maximum Gasteiger partial charge on any atom is 0.417 e. The summed E-state index contributed by atoms with van der Waals surface area (Å²) < 4.78 is 76.7. The van der Waals surface area contributed by atoms with Crippen molar-refractivity contribution in [2.45, 2.75) is 12.1 Å². The standard InChI is InChI=1S/C30H19F5N4O/c31-18-9-11-24(23(32)14-18)39-15-38-29-27(28(39)37)26(17-4-3-5-19(36)12-17)21-10-8-16(13-25(21)40-29)20-6-1-2-7-22(20)30(33,34)35/h1-15,26,37H,36H2. The lowest BCUT2D eigenvalue weighted by molar-refractivity contribution is -0.137. The Labute approximate surface area is 224 Å². The van der Waals surface area contributed by atoms with E-state index in [-0.39, 0.29) is 39.5 Å². The van der Waals surface area contributed by atoms with Gasteiger partial charge in [-0.05, 0) is 53.1 Å². The molecule has 5 nitrogen and oxygen atoms in total. The second kappa shape index (κ2) is 9.33. The number of ether oxygens (including phenoxy) is 1. The van der Waals surface area contributed by atoms with Crippen LogP contribution < -0.4 is 16.0 Å². The summed E-state index contributed by atoms with van der Waals surface area (Å²) in [5.74, 6) is -2.04. The first-order valence-corrected chi connectivity index (χ1v) is 12.1. The monoisotopic (exact) mass is 546 g/mol. The molecular weight excluding hydrogens is 527 g/mol. The SMILES string of the molecule is N=c1c2c(ncn1-c1ccc(F)cc1F)Oc1cc(-c3ccccc3C(F)(F)F)ccc1C2c1cccc(N)c1. The lowest BCUT2D eigenvalue weighted by atomic mass is 9.83. The van der Waals surface area contributed by atoms with Gasteiger partial charge in [-0.2, -0.15) is 13.2 Å². The average molecular weight is 546 g/mol. The zero-order chi connectivity index (χ0) is 28.2. The van der Waals surface area contributed by atoms with Crippen LogP contribution in [0, 0.1) is 17.0 Å². The summed E-state index contributed by atoms with van der Waals surface area (Å²) in [6.07, 6.45) is -3.38. The number of nitrogen functional groups attached to an aromatic ring is 1. The Morgan fingerprint density at radius 1 is 0.900 bits per heavy atom. The highest BCUT2D eigenvalue weighted by Gasteiger charge is 2.35. The first-order valence-electron chi connectivity index (χ1n) is 12.1. The van der Waals surface area contributed by atoms with E-state index in [0.29, 0.717) is 22.9 Å². The number of aromatic nitrogens is 2. The zero-order valence-electron chi connectivity index (χ0n) is 20.5. The van der Waals surface area contributed by atoms with Crippen molar-refractivity contribution in [3.05, 3.63) is 131 Å². The fourth-order valence-corrected chi connectivity index (χ4v) is 5.02. The van der Waals surface area contributed by atoms with Gasteiger partial charge in [0.05, 0.1) is 16.8 Å². The minimum Gasteiger partial charge on any atom is -0.438 e. The van der Waals surface area contributed by atoms with Crippen molar-refractivity contribution in [3.63, 3.8) is 0 Å². The highest BCUT2D eigenvalue weighted by Crippen LogP contribution is 2.47. The highest BCUT2D eigenvalue weighted by molar-refractivity contribution is 5.72. The van der Waals surface area contributed by atoms with Crippen LogP contribution >= 0.6 is 0 Å². The summed E-state index contributed by atoms with van der Waals surface area (Å²) in [5.41, 5.74) is 7.26. The van der Waals surface area contributed by atoms with Gasteiger partial charge in [-0.1, -0.05) is 42.5 Å². The van der Waals surface area contributed by atoms with Crippen LogP contribution in [0.1, 0.15) is 28.2 Å². The lowest BCUT2D eigenvalue weighted by Crippen LogP contribution is -2.29. The molecule has 0 saturated carbocycles. The van der Waals surface area contributed by atoms with Crippen molar-refractivity contribution in [2.24, 2.45) is 0 Å². The molecule has 4 aromatic carbocycles. The second-order valence-corrected chi connectivity index (χ2v) is 9.28. The average Bonchev–Trinajstić information content (AvgIpc) is 2.92. The molecule has 0 aliphatic carbocycles. The Morgan fingerprint density at radius 3 is 2.45 bits per heavy atom. The number of nitrogens with zero attached hydrogens (tertiary/aromatic N) is 2. The Kier molecular flexibility index (Phi) is 5.90. The van der Waals surface area contributed by atoms with E-state index in [1.54, 1.807) is 36.4 Å². The van der Waals surface area contributed by atoms with Crippen molar-refractivity contribution < 1.29 is 26.7 Å². The molecule has 1 aliphatic rings. The van der Waals surface area contributed by atoms with E-state index in [1.807, 2.05) is 0 Å². The molecule has 0 spiro atoms. The molecule has 1 unspecified atom stereocenters. The van der Waals surface area contributed by atoms with Crippen molar-refractivity contribution in [3.8, 4) is 28.4 Å². The van der Waals surface area contributed by atoms with Gasteiger partial charge in [0.15, 0.2) is 0 Å². The summed E-state index contributed by atoms with van der Waals surface area (Å²) in [4.78, 5) is 4.33. The highest BCUT2D eigenvalue weighted by atomic mass is 19.4. The topological polar surface area (TPSA) is 76.9 Å². The molecule has 0 bridgehead atoms. The third-order valence-electron chi connectivity index (χ3n) is 6.79. The minimum absolute atomic E-state index is 0.0143. The first kappa shape index (κ1) is 25.3. The molecule has 200 valence electrons. The number of anilines is 1. The second-order valence-electron chi connectivity index (χ2n) is 9.28. The molecular formula is C30H19F5N4O. The van der Waals surface area contributed by atoms with Crippen LogP contribution in [0.25, 0.3) is 16.8 Å². The molecule has 0 fully saturated rings. The van der Waals surface area contributed by atoms with Crippen molar-refractivity contribution in [1.82, 2.24) is 9.55 Å². The molecule has 1 aromatic heterocycles.